The van der Waals surface area contributed by atoms with Crippen molar-refractivity contribution in [2.75, 3.05) is 18.5 Å². The van der Waals surface area contributed by atoms with E-state index in [1.165, 1.54) is 18.3 Å². The van der Waals surface area contributed by atoms with Gasteiger partial charge in [0.2, 0.25) is 11.8 Å². The Morgan fingerprint density at radius 3 is 3.11 bits per heavy atom. The normalized spacial score (nSPS) is 18.3. The molecule has 1 saturated heterocycles. The second-order valence-electron chi connectivity index (χ2n) is 4.44. The lowest BCUT2D eigenvalue weighted by Gasteiger charge is -2.09. The molecule has 0 aliphatic carbocycles. The van der Waals surface area contributed by atoms with Crippen molar-refractivity contribution < 1.29 is 14.3 Å². The molecule has 0 aromatic carbocycles. The van der Waals surface area contributed by atoms with Crippen LogP contribution in [0, 0.1) is 0 Å². The van der Waals surface area contributed by atoms with E-state index in [-0.39, 0.29) is 24.3 Å². The fraction of sp³-hybridized carbons (Fsp3) is 0.583. The Bertz CT molecular complexity index is 455. The van der Waals surface area contributed by atoms with Gasteiger partial charge >= 0.3 is 0 Å². The largest absolute Gasteiger partial charge is 0.376 e. The van der Waals surface area contributed by atoms with E-state index in [2.05, 4.69) is 15.6 Å². The van der Waals surface area contributed by atoms with Crippen molar-refractivity contribution in [3.05, 3.63) is 11.1 Å². The monoisotopic (exact) mass is 283 g/mol. The van der Waals surface area contributed by atoms with Crippen molar-refractivity contribution in [3.63, 3.8) is 0 Å². The smallest absolute Gasteiger partial charge is 0.226 e. The SMILES string of the molecule is CC(=O)Nc1nc(CC(=O)NCC2CCCO2)cs1. The van der Waals surface area contributed by atoms with Gasteiger partial charge in [-0.1, -0.05) is 0 Å². The summed E-state index contributed by atoms with van der Waals surface area (Å²) in [6.45, 7) is 2.77. The van der Waals surface area contributed by atoms with Crippen LogP contribution in [0.15, 0.2) is 5.38 Å². The van der Waals surface area contributed by atoms with Gasteiger partial charge in [-0.05, 0) is 12.8 Å². The highest BCUT2D eigenvalue weighted by atomic mass is 32.1. The molecule has 1 aromatic rings. The molecule has 6 nitrogen and oxygen atoms in total. The highest BCUT2D eigenvalue weighted by Gasteiger charge is 2.16. The summed E-state index contributed by atoms with van der Waals surface area (Å²) in [5, 5.41) is 7.73. The Morgan fingerprint density at radius 1 is 1.58 bits per heavy atom. The van der Waals surface area contributed by atoms with E-state index in [0.717, 1.165) is 19.4 Å². The molecule has 0 saturated carbocycles. The number of nitrogens with one attached hydrogen (secondary N) is 2. The fourth-order valence-corrected chi connectivity index (χ4v) is 2.61. The summed E-state index contributed by atoms with van der Waals surface area (Å²) in [4.78, 5) is 26.7. The molecule has 0 spiro atoms. The molecule has 7 heteroatoms. The van der Waals surface area contributed by atoms with Crippen molar-refractivity contribution in [3.8, 4) is 0 Å². The van der Waals surface area contributed by atoms with Gasteiger partial charge in [-0.25, -0.2) is 4.98 Å². The van der Waals surface area contributed by atoms with Crippen LogP contribution in [-0.2, 0) is 20.7 Å². The van der Waals surface area contributed by atoms with Gasteiger partial charge < -0.3 is 15.4 Å². The van der Waals surface area contributed by atoms with Crippen LogP contribution in [0.2, 0.25) is 0 Å². The number of rotatable bonds is 5. The molecule has 1 unspecified atom stereocenters. The van der Waals surface area contributed by atoms with Crippen LogP contribution in [0.5, 0.6) is 0 Å². The van der Waals surface area contributed by atoms with E-state index in [1.54, 1.807) is 5.38 Å². The molecule has 104 valence electrons. The van der Waals surface area contributed by atoms with Crippen LogP contribution >= 0.6 is 11.3 Å². The zero-order valence-electron chi connectivity index (χ0n) is 10.8. The van der Waals surface area contributed by atoms with Crippen molar-refractivity contribution in [2.24, 2.45) is 0 Å². The number of carbonyl (C=O) groups is 2. The first-order valence-corrected chi connectivity index (χ1v) is 7.12. The summed E-state index contributed by atoms with van der Waals surface area (Å²) >= 11 is 1.32. The van der Waals surface area contributed by atoms with Gasteiger partial charge in [0.1, 0.15) is 0 Å². The van der Waals surface area contributed by atoms with Gasteiger partial charge in [-0.3, -0.25) is 9.59 Å². The Morgan fingerprint density at radius 2 is 2.42 bits per heavy atom. The van der Waals surface area contributed by atoms with Crippen LogP contribution < -0.4 is 10.6 Å². The number of amides is 2. The topological polar surface area (TPSA) is 80.3 Å². The molecule has 2 amide bonds. The second-order valence-corrected chi connectivity index (χ2v) is 5.30. The predicted molar refractivity (Wildman–Crippen MR) is 72.1 cm³/mol. The molecule has 19 heavy (non-hydrogen) atoms. The van der Waals surface area contributed by atoms with E-state index >= 15 is 0 Å². The molecular weight excluding hydrogens is 266 g/mol. The molecule has 1 fully saturated rings. The summed E-state index contributed by atoms with van der Waals surface area (Å²) in [6, 6.07) is 0. The average Bonchev–Trinajstić information content (AvgIpc) is 2.97. The minimum atomic E-state index is -0.163. The number of ether oxygens (including phenoxy) is 1. The number of anilines is 1. The Balaban J connectivity index is 1.74. The summed E-state index contributed by atoms with van der Waals surface area (Å²) < 4.78 is 5.43. The third kappa shape index (κ3) is 4.60. The van der Waals surface area contributed by atoms with Gasteiger partial charge in [0.05, 0.1) is 18.2 Å². The predicted octanol–water partition coefficient (Wildman–Crippen LogP) is 0.939. The molecule has 1 aromatic heterocycles. The highest BCUT2D eigenvalue weighted by Crippen LogP contribution is 2.15. The molecule has 2 heterocycles. The molecule has 0 radical (unpaired) electrons. The summed E-state index contributed by atoms with van der Waals surface area (Å²) in [6.07, 6.45) is 2.44. The molecule has 1 atom stereocenters. The van der Waals surface area contributed by atoms with Crippen LogP contribution in [0.4, 0.5) is 5.13 Å². The number of hydrogen-bond donors (Lipinski definition) is 2. The molecule has 2 rings (SSSR count). The average molecular weight is 283 g/mol. The Labute approximate surface area is 115 Å². The molecule has 1 aliphatic rings. The van der Waals surface area contributed by atoms with Crippen LogP contribution in [0.25, 0.3) is 0 Å². The maximum atomic E-state index is 11.7. The van der Waals surface area contributed by atoms with Crippen molar-refractivity contribution in [1.29, 1.82) is 0 Å². The van der Waals surface area contributed by atoms with Gasteiger partial charge in [0, 0.05) is 25.5 Å². The Hall–Kier alpha value is -1.47. The number of carbonyl (C=O) groups excluding carboxylic acids is 2. The lowest BCUT2D eigenvalue weighted by molar-refractivity contribution is -0.121. The van der Waals surface area contributed by atoms with E-state index in [0.29, 0.717) is 17.4 Å². The van der Waals surface area contributed by atoms with Crippen LogP contribution in [-0.4, -0.2) is 36.1 Å². The summed E-state index contributed by atoms with van der Waals surface area (Å²) in [7, 11) is 0. The minimum absolute atomic E-state index is 0.0739. The Kier molecular flexibility index (Phi) is 4.86. The van der Waals surface area contributed by atoms with Gasteiger partial charge in [0.15, 0.2) is 5.13 Å². The fourth-order valence-electron chi connectivity index (χ4n) is 1.86. The van der Waals surface area contributed by atoms with E-state index in [4.69, 9.17) is 4.74 Å². The first kappa shape index (κ1) is 14.0. The first-order valence-electron chi connectivity index (χ1n) is 6.24. The highest BCUT2D eigenvalue weighted by molar-refractivity contribution is 7.13. The standard InChI is InChI=1S/C12H17N3O3S/c1-8(16)14-12-15-9(7-19-12)5-11(17)13-6-10-3-2-4-18-10/h7,10H,2-6H2,1H3,(H,13,17)(H,14,15,16). The quantitative estimate of drug-likeness (QED) is 0.842. The van der Waals surface area contributed by atoms with Crippen LogP contribution in [0.3, 0.4) is 0 Å². The molecule has 1 aliphatic heterocycles. The summed E-state index contributed by atoms with van der Waals surface area (Å²) in [5.74, 6) is -0.237. The van der Waals surface area contributed by atoms with Crippen LogP contribution in [0.1, 0.15) is 25.5 Å². The van der Waals surface area contributed by atoms with E-state index in [1.807, 2.05) is 0 Å². The number of thiazole rings is 1. The summed E-state index contributed by atoms with van der Waals surface area (Å²) in [5.41, 5.74) is 0.665. The van der Waals surface area contributed by atoms with Gasteiger partial charge in [-0.15, -0.1) is 11.3 Å². The third-order valence-electron chi connectivity index (χ3n) is 2.73. The number of aromatic nitrogens is 1. The minimum Gasteiger partial charge on any atom is -0.376 e. The van der Waals surface area contributed by atoms with Crippen molar-refractivity contribution in [1.82, 2.24) is 10.3 Å². The first-order chi connectivity index (χ1) is 9.13. The number of hydrogen-bond acceptors (Lipinski definition) is 5. The molecule has 2 N–H and O–H groups in total. The van der Waals surface area contributed by atoms with Crippen molar-refractivity contribution in [2.45, 2.75) is 32.3 Å². The second kappa shape index (κ2) is 6.63. The lowest BCUT2D eigenvalue weighted by Crippen LogP contribution is -2.32. The maximum absolute atomic E-state index is 11.7. The molecular formula is C12H17N3O3S. The third-order valence-corrected chi connectivity index (χ3v) is 3.53. The van der Waals surface area contributed by atoms with E-state index in [9.17, 15) is 9.59 Å². The zero-order chi connectivity index (χ0) is 13.7. The van der Waals surface area contributed by atoms with Gasteiger partial charge in [0.25, 0.3) is 0 Å². The van der Waals surface area contributed by atoms with Crippen molar-refractivity contribution >= 4 is 28.3 Å². The maximum Gasteiger partial charge on any atom is 0.226 e. The van der Waals surface area contributed by atoms with E-state index < -0.39 is 0 Å². The number of nitrogens with zero attached hydrogens (tertiary/aromatic N) is 1. The van der Waals surface area contributed by atoms with Gasteiger partial charge in [-0.2, -0.15) is 0 Å². The lowest BCUT2D eigenvalue weighted by atomic mass is 10.2. The zero-order valence-corrected chi connectivity index (χ0v) is 11.6. The molecule has 0 bridgehead atoms.